The Morgan fingerprint density at radius 1 is 1.12 bits per heavy atom. The average molecular weight is 338 g/mol. The van der Waals surface area contributed by atoms with Gasteiger partial charge in [-0.1, -0.05) is 25.3 Å². The third-order valence-electron chi connectivity index (χ3n) is 6.31. The molecule has 5 heteroatoms. The van der Waals surface area contributed by atoms with Crippen molar-refractivity contribution in [2.75, 3.05) is 24.5 Å². The summed E-state index contributed by atoms with van der Waals surface area (Å²) in [6, 6.07) is 8.13. The van der Waals surface area contributed by atoms with E-state index in [0.717, 1.165) is 44.7 Å². The van der Waals surface area contributed by atoms with Crippen molar-refractivity contribution < 1.29 is 4.79 Å². The fourth-order valence-corrected chi connectivity index (χ4v) is 4.95. The smallest absolute Gasteiger partial charge is 0.230 e. The first-order chi connectivity index (χ1) is 12.2. The summed E-state index contributed by atoms with van der Waals surface area (Å²) in [4.78, 5) is 22.2. The van der Waals surface area contributed by atoms with E-state index >= 15 is 0 Å². The van der Waals surface area contributed by atoms with E-state index in [0.29, 0.717) is 17.6 Å². The number of amides is 1. The van der Waals surface area contributed by atoms with E-state index in [4.69, 9.17) is 5.26 Å². The predicted molar refractivity (Wildman–Crippen MR) is 96.0 cm³/mol. The maximum Gasteiger partial charge on any atom is 0.230 e. The van der Waals surface area contributed by atoms with E-state index in [2.05, 4.69) is 20.9 Å². The molecule has 2 aliphatic heterocycles. The van der Waals surface area contributed by atoms with Gasteiger partial charge >= 0.3 is 0 Å². The van der Waals surface area contributed by atoms with Crippen molar-refractivity contribution in [3.8, 4) is 6.07 Å². The van der Waals surface area contributed by atoms with Crippen molar-refractivity contribution in [1.82, 2.24) is 9.88 Å². The number of hydrogen-bond acceptors (Lipinski definition) is 4. The number of aromatic nitrogens is 1. The summed E-state index contributed by atoms with van der Waals surface area (Å²) in [5, 5.41) is 9.08. The van der Waals surface area contributed by atoms with Gasteiger partial charge in [0.25, 0.3) is 0 Å². The van der Waals surface area contributed by atoms with E-state index in [1.54, 1.807) is 6.07 Å². The molecule has 5 nitrogen and oxygen atoms in total. The Balaban J connectivity index is 1.51. The highest BCUT2D eigenvalue weighted by Crippen LogP contribution is 2.42. The molecule has 3 fully saturated rings. The van der Waals surface area contributed by atoms with Crippen LogP contribution < -0.4 is 4.90 Å². The number of hydrogen-bond donors (Lipinski definition) is 0. The van der Waals surface area contributed by atoms with Crippen LogP contribution in [0, 0.1) is 16.7 Å². The van der Waals surface area contributed by atoms with Gasteiger partial charge in [0.1, 0.15) is 17.6 Å². The summed E-state index contributed by atoms with van der Waals surface area (Å²) in [6.45, 7) is 2.54. The summed E-state index contributed by atoms with van der Waals surface area (Å²) in [6.07, 6.45) is 9.21. The van der Waals surface area contributed by atoms with Gasteiger partial charge < -0.3 is 9.80 Å². The molecule has 1 amide bonds. The predicted octanol–water partition coefficient (Wildman–Crippen LogP) is 3.10. The highest BCUT2D eigenvalue weighted by molar-refractivity contribution is 5.85. The van der Waals surface area contributed by atoms with Gasteiger partial charge in [0.15, 0.2) is 0 Å². The molecule has 0 aromatic carbocycles. The largest absolute Gasteiger partial charge is 0.355 e. The van der Waals surface area contributed by atoms with E-state index in [1.807, 2.05) is 12.1 Å². The second-order valence-electron chi connectivity index (χ2n) is 7.84. The fourth-order valence-electron chi connectivity index (χ4n) is 4.95. The Labute approximate surface area is 149 Å². The third-order valence-corrected chi connectivity index (χ3v) is 6.31. The molecule has 3 aliphatic rings. The molecule has 2 saturated heterocycles. The van der Waals surface area contributed by atoms with E-state index in [1.165, 1.54) is 32.1 Å². The van der Waals surface area contributed by atoms with Gasteiger partial charge in [-0.2, -0.15) is 5.26 Å². The Morgan fingerprint density at radius 3 is 2.76 bits per heavy atom. The highest BCUT2D eigenvalue weighted by atomic mass is 16.2. The molecule has 1 unspecified atom stereocenters. The molecule has 0 bridgehead atoms. The Hall–Kier alpha value is -2.09. The molecule has 1 atom stereocenters. The monoisotopic (exact) mass is 338 g/mol. The molecule has 1 aromatic heterocycles. The second kappa shape index (κ2) is 6.67. The third kappa shape index (κ3) is 2.99. The van der Waals surface area contributed by atoms with Crippen molar-refractivity contribution in [2.24, 2.45) is 5.41 Å². The van der Waals surface area contributed by atoms with Gasteiger partial charge in [0.05, 0.1) is 5.41 Å². The maximum atomic E-state index is 13.4. The van der Waals surface area contributed by atoms with E-state index in [9.17, 15) is 4.79 Å². The number of pyridine rings is 1. The van der Waals surface area contributed by atoms with Crippen LogP contribution in [-0.4, -0.2) is 41.5 Å². The topological polar surface area (TPSA) is 60.2 Å². The lowest BCUT2D eigenvalue weighted by molar-refractivity contribution is -0.148. The lowest BCUT2D eigenvalue weighted by atomic mass is 9.77. The zero-order valence-electron chi connectivity index (χ0n) is 14.8. The van der Waals surface area contributed by atoms with Gasteiger partial charge in [0, 0.05) is 25.7 Å². The minimum atomic E-state index is -0.236. The van der Waals surface area contributed by atoms with E-state index < -0.39 is 0 Å². The SMILES string of the molecule is N#Cc1cccc(N2CCC3(CCCN(C4CCCCC4)C3=O)C2)n1. The van der Waals surface area contributed by atoms with Crippen LogP contribution in [0.25, 0.3) is 0 Å². The summed E-state index contributed by atoms with van der Waals surface area (Å²) >= 11 is 0. The molecular weight excluding hydrogens is 312 g/mol. The first-order valence-electron chi connectivity index (χ1n) is 9.65. The fraction of sp³-hybridized carbons (Fsp3) is 0.650. The Bertz CT molecular complexity index is 691. The van der Waals surface area contributed by atoms with Crippen molar-refractivity contribution in [2.45, 2.75) is 57.4 Å². The zero-order chi connectivity index (χ0) is 17.3. The van der Waals surface area contributed by atoms with Gasteiger partial charge in [0.2, 0.25) is 5.91 Å². The second-order valence-corrected chi connectivity index (χ2v) is 7.84. The first-order valence-corrected chi connectivity index (χ1v) is 9.65. The normalized spacial score (nSPS) is 27.7. The summed E-state index contributed by atoms with van der Waals surface area (Å²) in [5.74, 6) is 1.21. The molecule has 0 radical (unpaired) electrons. The van der Waals surface area contributed by atoms with Crippen molar-refractivity contribution in [3.63, 3.8) is 0 Å². The zero-order valence-corrected chi connectivity index (χ0v) is 14.8. The van der Waals surface area contributed by atoms with Crippen molar-refractivity contribution in [3.05, 3.63) is 23.9 Å². The molecule has 1 aromatic rings. The molecule has 3 heterocycles. The quantitative estimate of drug-likeness (QED) is 0.831. The number of nitriles is 1. The molecule has 25 heavy (non-hydrogen) atoms. The van der Waals surface area contributed by atoms with Gasteiger partial charge in [-0.15, -0.1) is 0 Å². The van der Waals surface area contributed by atoms with Crippen LogP contribution in [0.15, 0.2) is 18.2 Å². The number of nitrogens with zero attached hydrogens (tertiary/aromatic N) is 4. The average Bonchev–Trinajstić information content (AvgIpc) is 3.10. The number of carbonyl (C=O) groups excluding carboxylic acids is 1. The number of rotatable bonds is 2. The van der Waals surface area contributed by atoms with Crippen LogP contribution in [0.4, 0.5) is 5.82 Å². The minimum Gasteiger partial charge on any atom is -0.355 e. The molecular formula is C20H26N4O. The van der Waals surface area contributed by atoms with Gasteiger partial charge in [-0.25, -0.2) is 4.98 Å². The highest BCUT2D eigenvalue weighted by Gasteiger charge is 2.49. The van der Waals surface area contributed by atoms with Crippen LogP contribution in [0.3, 0.4) is 0 Å². The Kier molecular flexibility index (Phi) is 4.37. The summed E-state index contributed by atoms with van der Waals surface area (Å²) < 4.78 is 0. The summed E-state index contributed by atoms with van der Waals surface area (Å²) in [5.41, 5.74) is 0.206. The van der Waals surface area contributed by atoms with Crippen molar-refractivity contribution >= 4 is 11.7 Å². The minimum absolute atomic E-state index is 0.236. The van der Waals surface area contributed by atoms with Crippen LogP contribution >= 0.6 is 0 Å². The lowest BCUT2D eigenvalue weighted by Gasteiger charge is -2.44. The first kappa shape index (κ1) is 16.4. The number of anilines is 1. The van der Waals surface area contributed by atoms with Crippen LogP contribution in [-0.2, 0) is 4.79 Å². The standard InChI is InChI=1S/C20H26N4O/c21-14-16-6-4-9-18(22-16)23-13-11-20(15-23)10-5-12-24(19(20)25)17-7-2-1-3-8-17/h4,6,9,17H,1-3,5,7-8,10-13,15H2. The Morgan fingerprint density at radius 2 is 1.96 bits per heavy atom. The number of likely N-dealkylation sites (tertiary alicyclic amines) is 1. The summed E-state index contributed by atoms with van der Waals surface area (Å²) in [7, 11) is 0. The maximum absolute atomic E-state index is 13.4. The van der Waals surface area contributed by atoms with E-state index in [-0.39, 0.29) is 5.41 Å². The molecule has 1 saturated carbocycles. The van der Waals surface area contributed by atoms with Gasteiger partial charge in [-0.3, -0.25) is 4.79 Å². The van der Waals surface area contributed by atoms with Crippen LogP contribution in [0.1, 0.15) is 57.1 Å². The lowest BCUT2D eigenvalue weighted by Crippen LogP contribution is -2.54. The molecule has 1 spiro atoms. The van der Waals surface area contributed by atoms with Crippen LogP contribution in [0.2, 0.25) is 0 Å². The van der Waals surface area contributed by atoms with Crippen LogP contribution in [0.5, 0.6) is 0 Å². The molecule has 132 valence electrons. The molecule has 0 N–H and O–H groups in total. The number of carbonyl (C=O) groups is 1. The van der Waals surface area contributed by atoms with Gasteiger partial charge in [-0.05, 0) is 44.2 Å². The molecule has 1 aliphatic carbocycles. The van der Waals surface area contributed by atoms with Crippen molar-refractivity contribution in [1.29, 1.82) is 5.26 Å². The molecule has 4 rings (SSSR count). The number of piperidine rings is 1.